The average molecular weight is 302 g/mol. The monoisotopic (exact) mass is 302 g/mol. The molecule has 5 heteroatoms. The third-order valence-corrected chi connectivity index (χ3v) is 3.98. The number of amides is 1. The van der Waals surface area contributed by atoms with Gasteiger partial charge in [0.15, 0.2) is 5.43 Å². The van der Waals surface area contributed by atoms with Gasteiger partial charge in [-0.2, -0.15) is 11.8 Å². The number of nitrogens with one attached hydrogen (secondary N) is 2. The maximum Gasteiger partial charge on any atom is 0.256 e. The van der Waals surface area contributed by atoms with Crippen molar-refractivity contribution in [2.45, 2.75) is 12.7 Å². The molecular formula is C16H18N2O2S. The maximum absolute atomic E-state index is 11.9. The van der Waals surface area contributed by atoms with Gasteiger partial charge in [0.1, 0.15) is 5.56 Å². The number of hydrogen-bond donors (Lipinski definition) is 2. The van der Waals surface area contributed by atoms with Crippen LogP contribution in [0.1, 0.15) is 21.6 Å². The van der Waals surface area contributed by atoms with E-state index in [2.05, 4.69) is 22.4 Å². The Bertz CT molecular complexity index is 653. The number of benzene rings is 1. The molecule has 0 spiro atoms. The molecule has 2 N–H and O–H groups in total. The summed E-state index contributed by atoms with van der Waals surface area (Å²) >= 11 is 1.75. The zero-order valence-electron chi connectivity index (χ0n) is 11.9. The van der Waals surface area contributed by atoms with E-state index in [1.165, 1.54) is 17.8 Å². The Labute approximate surface area is 128 Å². The van der Waals surface area contributed by atoms with E-state index in [0.717, 1.165) is 17.2 Å². The zero-order chi connectivity index (χ0) is 15.1. The maximum atomic E-state index is 11.9. The fourth-order valence-corrected chi connectivity index (χ4v) is 2.67. The predicted molar refractivity (Wildman–Crippen MR) is 86.7 cm³/mol. The summed E-state index contributed by atoms with van der Waals surface area (Å²) < 4.78 is 0. The van der Waals surface area contributed by atoms with Gasteiger partial charge in [-0.3, -0.25) is 9.59 Å². The van der Waals surface area contributed by atoms with Crippen molar-refractivity contribution in [3.05, 3.63) is 69.6 Å². The van der Waals surface area contributed by atoms with Gasteiger partial charge >= 0.3 is 0 Å². The first kappa shape index (κ1) is 15.4. The normalized spacial score (nSPS) is 10.3. The van der Waals surface area contributed by atoms with Crippen molar-refractivity contribution < 1.29 is 4.79 Å². The largest absolute Gasteiger partial charge is 0.364 e. The van der Waals surface area contributed by atoms with E-state index < -0.39 is 0 Å². The van der Waals surface area contributed by atoms with Crippen molar-refractivity contribution in [2.24, 2.45) is 0 Å². The summed E-state index contributed by atoms with van der Waals surface area (Å²) in [5.74, 6) is 1.41. The second-order valence-electron chi connectivity index (χ2n) is 4.69. The molecule has 0 radical (unpaired) electrons. The first-order valence-electron chi connectivity index (χ1n) is 6.76. The lowest BCUT2D eigenvalue weighted by Gasteiger charge is -2.05. The van der Waals surface area contributed by atoms with E-state index in [4.69, 9.17) is 0 Å². The van der Waals surface area contributed by atoms with Crippen LogP contribution in [0.5, 0.6) is 0 Å². The number of thioether (sulfide) groups is 1. The van der Waals surface area contributed by atoms with Crippen molar-refractivity contribution in [3.8, 4) is 0 Å². The lowest BCUT2D eigenvalue weighted by atomic mass is 10.2. The number of aryl methyl sites for hydroxylation is 1. The first-order chi connectivity index (χ1) is 10.2. The fraction of sp³-hybridized carbons (Fsp3) is 0.250. The van der Waals surface area contributed by atoms with E-state index in [1.54, 1.807) is 18.7 Å². The molecule has 21 heavy (non-hydrogen) atoms. The second kappa shape index (κ2) is 7.69. The Morgan fingerprint density at radius 2 is 2.05 bits per heavy atom. The highest BCUT2D eigenvalue weighted by Crippen LogP contribution is 2.10. The molecule has 4 nitrogen and oxygen atoms in total. The summed E-state index contributed by atoms with van der Waals surface area (Å²) in [4.78, 5) is 26.4. The quantitative estimate of drug-likeness (QED) is 0.805. The standard InChI is InChI=1S/C16H18N2O2S/c1-12-9-15(19)14(10-18-12)16(20)17-7-8-21-11-13-5-3-2-4-6-13/h2-6,9-10H,7-8,11H2,1H3,(H,17,20)(H,18,19). The van der Waals surface area contributed by atoms with Crippen molar-refractivity contribution >= 4 is 17.7 Å². The second-order valence-corrected chi connectivity index (χ2v) is 5.79. The van der Waals surface area contributed by atoms with E-state index in [0.29, 0.717) is 6.54 Å². The van der Waals surface area contributed by atoms with Crippen LogP contribution >= 0.6 is 11.8 Å². The fourth-order valence-electron chi connectivity index (χ4n) is 1.85. The van der Waals surface area contributed by atoms with Crippen LogP contribution < -0.4 is 10.7 Å². The van der Waals surface area contributed by atoms with Gasteiger partial charge in [0.2, 0.25) is 0 Å². The minimum absolute atomic E-state index is 0.161. The molecule has 1 aromatic heterocycles. The minimum Gasteiger partial charge on any atom is -0.364 e. The SMILES string of the molecule is Cc1cc(=O)c(C(=O)NCCSCc2ccccc2)c[nH]1. The van der Waals surface area contributed by atoms with Gasteiger partial charge in [0.05, 0.1) is 0 Å². The van der Waals surface area contributed by atoms with Gasteiger partial charge in [0, 0.05) is 36.0 Å². The van der Waals surface area contributed by atoms with Gasteiger partial charge in [-0.1, -0.05) is 30.3 Å². The molecule has 0 fully saturated rings. The highest BCUT2D eigenvalue weighted by atomic mass is 32.2. The molecular weight excluding hydrogens is 284 g/mol. The molecule has 0 unspecified atom stereocenters. The van der Waals surface area contributed by atoms with Crippen LogP contribution in [0, 0.1) is 6.92 Å². The molecule has 2 rings (SSSR count). The van der Waals surface area contributed by atoms with E-state index in [9.17, 15) is 9.59 Å². The summed E-state index contributed by atoms with van der Waals surface area (Å²) in [5.41, 5.74) is 1.92. The number of carbonyl (C=O) groups excluding carboxylic acids is 1. The third-order valence-electron chi connectivity index (χ3n) is 2.95. The van der Waals surface area contributed by atoms with Gasteiger partial charge in [-0.15, -0.1) is 0 Å². The van der Waals surface area contributed by atoms with Crippen LogP contribution in [0.15, 0.2) is 47.4 Å². The Hall–Kier alpha value is -2.01. The third kappa shape index (κ3) is 4.79. The van der Waals surface area contributed by atoms with Crippen LogP contribution in [0.25, 0.3) is 0 Å². The molecule has 1 aromatic carbocycles. The summed E-state index contributed by atoms with van der Waals surface area (Å²) in [6.07, 6.45) is 1.46. The predicted octanol–water partition coefficient (Wildman–Crippen LogP) is 2.35. The van der Waals surface area contributed by atoms with Gasteiger partial charge in [-0.05, 0) is 12.5 Å². The smallest absolute Gasteiger partial charge is 0.256 e. The number of pyridine rings is 1. The zero-order valence-corrected chi connectivity index (χ0v) is 12.7. The van der Waals surface area contributed by atoms with Crippen molar-refractivity contribution in [1.29, 1.82) is 0 Å². The van der Waals surface area contributed by atoms with E-state index in [1.807, 2.05) is 18.2 Å². The molecule has 1 heterocycles. The molecule has 2 aromatic rings. The van der Waals surface area contributed by atoms with Crippen molar-refractivity contribution in [1.82, 2.24) is 10.3 Å². The molecule has 0 saturated carbocycles. The number of H-pyrrole nitrogens is 1. The Balaban J connectivity index is 1.73. The minimum atomic E-state index is -0.323. The lowest BCUT2D eigenvalue weighted by Crippen LogP contribution is -2.30. The number of aromatic amines is 1. The van der Waals surface area contributed by atoms with Crippen LogP contribution in [-0.2, 0) is 5.75 Å². The Morgan fingerprint density at radius 1 is 1.29 bits per heavy atom. The highest BCUT2D eigenvalue weighted by molar-refractivity contribution is 7.98. The summed E-state index contributed by atoms with van der Waals surface area (Å²) in [6.45, 7) is 2.33. The molecule has 0 bridgehead atoms. The number of hydrogen-bond acceptors (Lipinski definition) is 3. The highest BCUT2D eigenvalue weighted by Gasteiger charge is 2.09. The Kier molecular flexibility index (Phi) is 5.63. The van der Waals surface area contributed by atoms with Crippen LogP contribution in [-0.4, -0.2) is 23.2 Å². The molecule has 110 valence electrons. The number of aromatic nitrogens is 1. The molecule has 1 amide bonds. The molecule has 0 aliphatic rings. The molecule has 0 atom stereocenters. The van der Waals surface area contributed by atoms with Crippen LogP contribution in [0.4, 0.5) is 0 Å². The van der Waals surface area contributed by atoms with Gasteiger partial charge in [-0.25, -0.2) is 0 Å². The number of carbonyl (C=O) groups is 1. The average Bonchev–Trinajstić information content (AvgIpc) is 2.47. The number of rotatable bonds is 6. The topological polar surface area (TPSA) is 62.0 Å². The molecule has 0 aliphatic heterocycles. The summed E-state index contributed by atoms with van der Waals surface area (Å²) in [5, 5.41) is 2.77. The van der Waals surface area contributed by atoms with E-state index in [-0.39, 0.29) is 16.9 Å². The summed E-state index contributed by atoms with van der Waals surface area (Å²) in [7, 11) is 0. The lowest BCUT2D eigenvalue weighted by molar-refractivity contribution is 0.0955. The first-order valence-corrected chi connectivity index (χ1v) is 7.91. The van der Waals surface area contributed by atoms with Crippen LogP contribution in [0.3, 0.4) is 0 Å². The van der Waals surface area contributed by atoms with Gasteiger partial charge in [0.25, 0.3) is 5.91 Å². The summed E-state index contributed by atoms with van der Waals surface area (Å²) in [6, 6.07) is 11.6. The Morgan fingerprint density at radius 3 is 2.76 bits per heavy atom. The van der Waals surface area contributed by atoms with Crippen molar-refractivity contribution in [2.75, 3.05) is 12.3 Å². The van der Waals surface area contributed by atoms with E-state index >= 15 is 0 Å². The molecule has 0 aliphatic carbocycles. The van der Waals surface area contributed by atoms with Crippen molar-refractivity contribution in [3.63, 3.8) is 0 Å². The van der Waals surface area contributed by atoms with Crippen LogP contribution in [0.2, 0.25) is 0 Å². The molecule has 0 saturated heterocycles. The van der Waals surface area contributed by atoms with Gasteiger partial charge < -0.3 is 10.3 Å².